The molecule has 0 saturated heterocycles. The molecule has 1 aromatic rings. The molecular formula is C12H17Cl2N3. The largest absolute Gasteiger partial charge is 0.351 e. The molecule has 0 spiro atoms. The molecule has 1 fully saturated rings. The first kappa shape index (κ1) is 12.9. The summed E-state index contributed by atoms with van der Waals surface area (Å²) in [5.74, 6) is 1.42. The highest BCUT2D eigenvalue weighted by molar-refractivity contribution is 6.32. The first-order valence-corrected chi connectivity index (χ1v) is 7.02. The Labute approximate surface area is 112 Å². The van der Waals surface area contributed by atoms with E-state index in [2.05, 4.69) is 14.9 Å². The van der Waals surface area contributed by atoms with Gasteiger partial charge in [-0.05, 0) is 12.8 Å². The van der Waals surface area contributed by atoms with Gasteiger partial charge in [-0.15, -0.1) is 11.6 Å². The van der Waals surface area contributed by atoms with Crippen molar-refractivity contribution < 1.29 is 0 Å². The van der Waals surface area contributed by atoms with Crippen molar-refractivity contribution in [2.45, 2.75) is 38.1 Å². The molecule has 0 radical (unpaired) electrons. The van der Waals surface area contributed by atoms with E-state index in [1.165, 1.54) is 32.1 Å². The van der Waals surface area contributed by atoms with E-state index in [0.29, 0.717) is 16.9 Å². The van der Waals surface area contributed by atoms with Gasteiger partial charge in [0.05, 0.1) is 6.20 Å². The fraction of sp³-hybridized carbons (Fsp3) is 0.667. The maximum absolute atomic E-state index is 6.16. The Kier molecular flexibility index (Phi) is 4.86. The molecule has 17 heavy (non-hydrogen) atoms. The molecule has 94 valence electrons. The minimum absolute atomic E-state index is 0.523. The predicted octanol–water partition coefficient (Wildman–Crippen LogP) is 3.51. The lowest BCUT2D eigenvalue weighted by Crippen LogP contribution is -2.39. The lowest BCUT2D eigenvalue weighted by molar-refractivity contribution is 0.416. The second kappa shape index (κ2) is 6.41. The van der Waals surface area contributed by atoms with Gasteiger partial charge in [-0.1, -0.05) is 30.9 Å². The lowest BCUT2D eigenvalue weighted by Gasteiger charge is -2.35. The van der Waals surface area contributed by atoms with E-state index in [-0.39, 0.29) is 0 Å². The zero-order valence-corrected chi connectivity index (χ0v) is 11.3. The maximum Gasteiger partial charge on any atom is 0.151 e. The molecule has 1 aliphatic carbocycles. The third-order valence-corrected chi connectivity index (χ3v) is 3.70. The minimum atomic E-state index is 0.523. The molecule has 0 unspecified atom stereocenters. The highest BCUT2D eigenvalue weighted by atomic mass is 35.5. The van der Waals surface area contributed by atoms with Crippen LogP contribution in [-0.2, 0) is 0 Å². The van der Waals surface area contributed by atoms with Gasteiger partial charge in [0.25, 0.3) is 0 Å². The predicted molar refractivity (Wildman–Crippen MR) is 72.0 cm³/mol. The van der Waals surface area contributed by atoms with Crippen molar-refractivity contribution >= 4 is 29.0 Å². The second-order valence-electron chi connectivity index (χ2n) is 4.37. The van der Waals surface area contributed by atoms with Crippen molar-refractivity contribution in [2.75, 3.05) is 17.3 Å². The molecule has 0 atom stereocenters. The Hall–Kier alpha value is -0.540. The SMILES string of the molecule is ClCCN(c1ncncc1Cl)C1CCCCC1. The highest BCUT2D eigenvalue weighted by Gasteiger charge is 2.23. The van der Waals surface area contributed by atoms with Gasteiger partial charge in [0.15, 0.2) is 5.82 Å². The van der Waals surface area contributed by atoms with Crippen molar-refractivity contribution in [3.05, 3.63) is 17.5 Å². The van der Waals surface area contributed by atoms with Crippen LogP contribution in [0, 0.1) is 0 Å². The van der Waals surface area contributed by atoms with Crippen LogP contribution < -0.4 is 4.90 Å². The molecule has 2 rings (SSSR count). The van der Waals surface area contributed by atoms with E-state index < -0.39 is 0 Å². The quantitative estimate of drug-likeness (QED) is 0.787. The average molecular weight is 274 g/mol. The molecule has 0 N–H and O–H groups in total. The van der Waals surface area contributed by atoms with Gasteiger partial charge >= 0.3 is 0 Å². The molecule has 0 aliphatic heterocycles. The number of alkyl halides is 1. The van der Waals surface area contributed by atoms with Gasteiger partial charge in [0.2, 0.25) is 0 Å². The van der Waals surface area contributed by atoms with Gasteiger partial charge < -0.3 is 4.90 Å². The molecule has 5 heteroatoms. The summed E-state index contributed by atoms with van der Waals surface area (Å²) in [6, 6.07) is 0.523. The topological polar surface area (TPSA) is 29.0 Å². The summed E-state index contributed by atoms with van der Waals surface area (Å²) >= 11 is 12.1. The van der Waals surface area contributed by atoms with Crippen molar-refractivity contribution in [3.8, 4) is 0 Å². The van der Waals surface area contributed by atoms with Crippen LogP contribution in [0.25, 0.3) is 0 Å². The lowest BCUT2D eigenvalue weighted by atomic mass is 9.94. The third kappa shape index (κ3) is 3.23. The number of rotatable bonds is 4. The molecule has 1 saturated carbocycles. The molecule has 1 aliphatic rings. The standard InChI is InChI=1S/C12H17Cl2N3/c13-6-7-17(10-4-2-1-3-5-10)12-11(14)8-15-9-16-12/h8-10H,1-7H2. The monoisotopic (exact) mass is 273 g/mol. The van der Waals surface area contributed by atoms with Crippen LogP contribution in [0.15, 0.2) is 12.5 Å². The van der Waals surface area contributed by atoms with Gasteiger partial charge in [0.1, 0.15) is 11.3 Å². The molecule has 0 aromatic carbocycles. The van der Waals surface area contributed by atoms with Crippen LogP contribution in [0.5, 0.6) is 0 Å². The minimum Gasteiger partial charge on any atom is -0.351 e. The smallest absolute Gasteiger partial charge is 0.151 e. The molecule has 1 aromatic heterocycles. The van der Waals surface area contributed by atoms with E-state index in [0.717, 1.165) is 12.4 Å². The second-order valence-corrected chi connectivity index (χ2v) is 5.15. The van der Waals surface area contributed by atoms with Gasteiger partial charge in [0, 0.05) is 18.5 Å². The number of hydrogen-bond donors (Lipinski definition) is 0. The number of halogens is 2. The Bertz CT molecular complexity index is 353. The Morgan fingerprint density at radius 2 is 2.06 bits per heavy atom. The molecular weight excluding hydrogens is 257 g/mol. The molecule has 0 bridgehead atoms. The Morgan fingerprint density at radius 1 is 1.29 bits per heavy atom. The van der Waals surface area contributed by atoms with Gasteiger partial charge in [-0.25, -0.2) is 9.97 Å². The van der Waals surface area contributed by atoms with Crippen molar-refractivity contribution in [3.63, 3.8) is 0 Å². The average Bonchev–Trinajstić information content (AvgIpc) is 2.38. The normalized spacial score (nSPS) is 17.1. The van der Waals surface area contributed by atoms with E-state index in [1.54, 1.807) is 12.5 Å². The third-order valence-electron chi connectivity index (χ3n) is 3.26. The number of anilines is 1. The fourth-order valence-corrected chi connectivity index (χ4v) is 2.86. The number of hydrogen-bond acceptors (Lipinski definition) is 3. The van der Waals surface area contributed by atoms with Gasteiger partial charge in [-0.3, -0.25) is 0 Å². The fourth-order valence-electron chi connectivity index (χ4n) is 2.46. The zero-order valence-electron chi connectivity index (χ0n) is 9.78. The number of nitrogens with zero attached hydrogens (tertiary/aromatic N) is 3. The van der Waals surface area contributed by atoms with Crippen LogP contribution >= 0.6 is 23.2 Å². The maximum atomic E-state index is 6.16. The zero-order chi connectivity index (χ0) is 12.1. The van der Waals surface area contributed by atoms with E-state index in [4.69, 9.17) is 23.2 Å². The van der Waals surface area contributed by atoms with Crippen LogP contribution in [0.1, 0.15) is 32.1 Å². The van der Waals surface area contributed by atoms with Gasteiger partial charge in [-0.2, -0.15) is 0 Å². The van der Waals surface area contributed by atoms with E-state index in [9.17, 15) is 0 Å². The van der Waals surface area contributed by atoms with Crippen LogP contribution in [0.4, 0.5) is 5.82 Å². The van der Waals surface area contributed by atoms with Crippen LogP contribution in [0.3, 0.4) is 0 Å². The molecule has 0 amide bonds. The van der Waals surface area contributed by atoms with Crippen molar-refractivity contribution in [2.24, 2.45) is 0 Å². The first-order valence-electron chi connectivity index (χ1n) is 6.11. The van der Waals surface area contributed by atoms with Crippen LogP contribution in [-0.4, -0.2) is 28.4 Å². The first-order chi connectivity index (χ1) is 8.33. The summed E-state index contributed by atoms with van der Waals surface area (Å²) in [5, 5.41) is 0.614. The molecule has 3 nitrogen and oxygen atoms in total. The summed E-state index contributed by atoms with van der Waals surface area (Å²) in [4.78, 5) is 10.5. The van der Waals surface area contributed by atoms with Crippen molar-refractivity contribution in [1.29, 1.82) is 0 Å². The summed E-state index contributed by atoms with van der Waals surface area (Å²) in [7, 11) is 0. The van der Waals surface area contributed by atoms with E-state index >= 15 is 0 Å². The van der Waals surface area contributed by atoms with Crippen molar-refractivity contribution in [1.82, 2.24) is 9.97 Å². The Balaban J connectivity index is 2.18. The summed E-state index contributed by atoms with van der Waals surface area (Å²) in [6.07, 6.45) is 9.51. The summed E-state index contributed by atoms with van der Waals surface area (Å²) < 4.78 is 0. The number of aromatic nitrogens is 2. The highest BCUT2D eigenvalue weighted by Crippen LogP contribution is 2.29. The van der Waals surface area contributed by atoms with Crippen LogP contribution in [0.2, 0.25) is 5.02 Å². The summed E-state index contributed by atoms with van der Waals surface area (Å²) in [6.45, 7) is 0.795. The molecule has 1 heterocycles. The summed E-state index contributed by atoms with van der Waals surface area (Å²) in [5.41, 5.74) is 0. The Morgan fingerprint density at radius 3 is 2.71 bits per heavy atom. The van der Waals surface area contributed by atoms with E-state index in [1.807, 2.05) is 0 Å².